The van der Waals surface area contributed by atoms with E-state index in [0.717, 1.165) is 47.0 Å². The molecule has 3 aliphatic carbocycles. The number of hydrogen-bond donors (Lipinski definition) is 3. The van der Waals surface area contributed by atoms with E-state index in [-0.39, 0.29) is 12.0 Å². The molecule has 0 spiro atoms. The minimum absolute atomic E-state index is 0.169. The monoisotopic (exact) mass is 530 g/mol. The van der Waals surface area contributed by atoms with Gasteiger partial charge in [0, 0.05) is 23.0 Å². The molecule has 3 fully saturated rings. The Morgan fingerprint density at radius 3 is 2.70 bits per heavy atom. The molecule has 2 atom stereocenters. The van der Waals surface area contributed by atoms with Gasteiger partial charge in [-0.1, -0.05) is 29.8 Å². The molecule has 1 aromatic carbocycles. The van der Waals surface area contributed by atoms with Gasteiger partial charge in [0.15, 0.2) is 11.5 Å². The highest BCUT2D eigenvalue weighted by molar-refractivity contribution is 7.22. The van der Waals surface area contributed by atoms with E-state index in [4.69, 9.17) is 21.6 Å². The van der Waals surface area contributed by atoms with E-state index in [0.29, 0.717) is 33.9 Å². The Morgan fingerprint density at radius 2 is 1.89 bits per heavy atom. The number of carboxylic acids is 1. The fraction of sp³-hybridized carbons (Fsp3) is 0.296. The fourth-order valence-corrected chi connectivity index (χ4v) is 7.28. The van der Waals surface area contributed by atoms with Gasteiger partial charge in [-0.3, -0.25) is 9.89 Å². The number of thiophene rings is 1. The number of pyridine rings is 1. The summed E-state index contributed by atoms with van der Waals surface area (Å²) in [5.74, 6) is 0.429. The van der Waals surface area contributed by atoms with Gasteiger partial charge < -0.3 is 10.4 Å². The zero-order valence-corrected chi connectivity index (χ0v) is 21.3. The number of carboxylic acid groups (broad SMARTS) is 1. The van der Waals surface area contributed by atoms with E-state index in [1.54, 1.807) is 23.6 Å². The lowest BCUT2D eigenvalue weighted by molar-refractivity contribution is -0.148. The van der Waals surface area contributed by atoms with Crippen molar-refractivity contribution in [1.29, 1.82) is 0 Å². The van der Waals surface area contributed by atoms with E-state index in [1.165, 1.54) is 4.70 Å². The van der Waals surface area contributed by atoms with Crippen LogP contribution in [0.5, 0.6) is 0 Å². The largest absolute Gasteiger partial charge is 0.481 e. The van der Waals surface area contributed by atoms with Gasteiger partial charge in [0.25, 0.3) is 0 Å². The van der Waals surface area contributed by atoms with Crippen molar-refractivity contribution in [1.82, 2.24) is 25.1 Å². The average Bonchev–Trinajstić information content (AvgIpc) is 3.53. The van der Waals surface area contributed by atoms with Crippen LogP contribution in [0.15, 0.2) is 48.7 Å². The summed E-state index contributed by atoms with van der Waals surface area (Å²) >= 11 is 7.90. The van der Waals surface area contributed by atoms with Crippen molar-refractivity contribution in [2.24, 2.45) is 17.8 Å². The minimum atomic E-state index is -0.730. The first-order valence-electron chi connectivity index (χ1n) is 12.4. The third kappa shape index (κ3) is 3.93. The summed E-state index contributed by atoms with van der Waals surface area (Å²) in [7, 11) is 0. The SMILES string of the molecule is O=C(O)C1C2CCC(CC2)C1Nc1cc(-c2cc3ccccc3s2)nc(-c2[nH]nc3ncc(Cl)cc23)n1. The molecular formula is C27H23ClN6O2S. The summed E-state index contributed by atoms with van der Waals surface area (Å²) in [6, 6.07) is 13.9. The van der Waals surface area contributed by atoms with Gasteiger partial charge in [-0.15, -0.1) is 11.3 Å². The summed E-state index contributed by atoms with van der Waals surface area (Å²) < 4.78 is 1.17. The van der Waals surface area contributed by atoms with Gasteiger partial charge in [0.2, 0.25) is 0 Å². The first-order chi connectivity index (χ1) is 18.0. The molecule has 8 nitrogen and oxygen atoms in total. The van der Waals surface area contributed by atoms with Gasteiger partial charge in [-0.25, -0.2) is 15.0 Å². The molecule has 2 bridgehead atoms. The van der Waals surface area contributed by atoms with Crippen LogP contribution in [0.4, 0.5) is 5.82 Å². The van der Waals surface area contributed by atoms with Gasteiger partial charge in [-0.05, 0) is 61.1 Å². The maximum absolute atomic E-state index is 12.3. The van der Waals surface area contributed by atoms with Crippen molar-refractivity contribution in [3.63, 3.8) is 0 Å². The highest BCUT2D eigenvalue weighted by Crippen LogP contribution is 2.46. The molecule has 37 heavy (non-hydrogen) atoms. The van der Waals surface area contributed by atoms with Crippen LogP contribution < -0.4 is 5.32 Å². The Balaban J connectivity index is 1.36. The Bertz CT molecular complexity index is 1620. The van der Waals surface area contributed by atoms with E-state index in [2.05, 4.69) is 38.7 Å². The van der Waals surface area contributed by atoms with Crippen molar-refractivity contribution < 1.29 is 9.90 Å². The van der Waals surface area contributed by atoms with Gasteiger partial charge in [0.05, 0.1) is 26.9 Å². The van der Waals surface area contributed by atoms with Crippen molar-refractivity contribution in [3.05, 3.63) is 53.7 Å². The number of halogens is 1. The summed E-state index contributed by atoms with van der Waals surface area (Å²) in [6.07, 6.45) is 5.61. The number of hydrogen-bond acceptors (Lipinski definition) is 7. The Morgan fingerprint density at radius 1 is 1.08 bits per heavy atom. The fourth-order valence-electron chi connectivity index (χ4n) is 6.10. The topological polar surface area (TPSA) is 117 Å². The molecule has 0 radical (unpaired) electrons. The highest BCUT2D eigenvalue weighted by Gasteiger charge is 2.47. The molecule has 3 N–H and O–H groups in total. The molecule has 3 aliphatic rings. The molecule has 10 heteroatoms. The van der Waals surface area contributed by atoms with Crippen LogP contribution in [0.2, 0.25) is 5.02 Å². The maximum atomic E-state index is 12.3. The van der Waals surface area contributed by atoms with E-state index in [9.17, 15) is 9.90 Å². The second-order valence-corrected chi connectivity index (χ2v) is 11.5. The maximum Gasteiger partial charge on any atom is 0.308 e. The van der Waals surface area contributed by atoms with Crippen LogP contribution in [0.25, 0.3) is 43.2 Å². The number of rotatable bonds is 5. The Hall–Kier alpha value is -3.56. The van der Waals surface area contributed by atoms with Gasteiger partial charge in [0.1, 0.15) is 11.5 Å². The van der Waals surface area contributed by atoms with Gasteiger partial charge >= 0.3 is 5.97 Å². The average molecular weight is 531 g/mol. The molecule has 186 valence electrons. The van der Waals surface area contributed by atoms with Crippen LogP contribution in [0, 0.1) is 17.8 Å². The van der Waals surface area contributed by atoms with Crippen LogP contribution >= 0.6 is 22.9 Å². The first-order valence-corrected chi connectivity index (χ1v) is 13.6. The van der Waals surface area contributed by atoms with Crippen LogP contribution in [0.3, 0.4) is 0 Å². The molecular weight excluding hydrogens is 508 g/mol. The molecule has 8 rings (SSSR count). The predicted molar refractivity (Wildman–Crippen MR) is 145 cm³/mol. The second kappa shape index (κ2) is 8.78. The summed E-state index contributed by atoms with van der Waals surface area (Å²) in [6.45, 7) is 0. The number of aromatic nitrogens is 5. The minimum Gasteiger partial charge on any atom is -0.481 e. The molecule has 0 aliphatic heterocycles. The zero-order chi connectivity index (χ0) is 25.1. The number of H-pyrrole nitrogens is 1. The quantitative estimate of drug-likeness (QED) is 0.246. The molecule has 0 amide bonds. The standard InChI is InChI=1S/C27H23ClN6O2S/c28-16-10-17-24(33-34-25(17)29-12-16)26-30-18(20-9-15-3-1-2-4-19(15)37-20)11-21(32-26)31-23-14-7-5-13(6-8-14)22(23)27(35)36/h1-4,9-14,22-23H,5-8H2,(H,35,36)(H,29,33,34)(H,30,31,32). The molecule has 0 saturated heterocycles. The number of nitrogens with zero attached hydrogens (tertiary/aromatic N) is 4. The van der Waals surface area contributed by atoms with Crippen molar-refractivity contribution in [2.45, 2.75) is 31.7 Å². The van der Waals surface area contributed by atoms with Crippen LogP contribution in [-0.2, 0) is 4.79 Å². The lowest BCUT2D eigenvalue weighted by Crippen LogP contribution is -2.51. The number of anilines is 1. The Labute approximate surface area is 221 Å². The van der Waals surface area contributed by atoms with Crippen LogP contribution in [-0.4, -0.2) is 42.3 Å². The van der Waals surface area contributed by atoms with E-state index < -0.39 is 11.9 Å². The van der Waals surface area contributed by atoms with Crippen molar-refractivity contribution in [2.75, 3.05) is 5.32 Å². The number of nitrogens with one attached hydrogen (secondary N) is 2. The zero-order valence-electron chi connectivity index (χ0n) is 19.7. The molecule has 4 aromatic heterocycles. The predicted octanol–water partition coefficient (Wildman–Crippen LogP) is 6.25. The highest BCUT2D eigenvalue weighted by atomic mass is 35.5. The molecule has 2 unspecified atom stereocenters. The number of carbonyl (C=O) groups is 1. The second-order valence-electron chi connectivity index (χ2n) is 9.94. The lowest BCUT2D eigenvalue weighted by Gasteiger charge is -2.47. The number of aromatic amines is 1. The van der Waals surface area contributed by atoms with Crippen molar-refractivity contribution >= 4 is 55.8 Å². The van der Waals surface area contributed by atoms with Crippen molar-refractivity contribution in [3.8, 4) is 22.1 Å². The third-order valence-corrected chi connectivity index (χ3v) is 9.17. The third-order valence-electron chi connectivity index (χ3n) is 7.82. The summed E-state index contributed by atoms with van der Waals surface area (Å²) in [5, 5.41) is 23.3. The smallest absolute Gasteiger partial charge is 0.308 e. The van der Waals surface area contributed by atoms with E-state index in [1.807, 2.05) is 18.2 Å². The first kappa shape index (κ1) is 22.6. The van der Waals surface area contributed by atoms with Crippen LogP contribution in [0.1, 0.15) is 25.7 Å². The number of benzene rings is 1. The summed E-state index contributed by atoms with van der Waals surface area (Å²) in [5.41, 5.74) is 1.91. The lowest BCUT2D eigenvalue weighted by atomic mass is 9.61. The summed E-state index contributed by atoms with van der Waals surface area (Å²) in [4.78, 5) is 27.3. The molecule has 5 aromatic rings. The molecule has 4 heterocycles. The normalized spacial score (nSPS) is 23.1. The van der Waals surface area contributed by atoms with E-state index >= 15 is 0 Å². The number of fused-ring (bicyclic) bond motifs is 5. The Kier molecular flexibility index (Phi) is 5.37. The van der Waals surface area contributed by atoms with Gasteiger partial charge in [-0.2, -0.15) is 5.10 Å². The molecule has 3 saturated carbocycles. The number of aliphatic carboxylic acids is 1.